The molecule has 2 aromatic heterocycles. The summed E-state index contributed by atoms with van der Waals surface area (Å²) in [7, 11) is 0. The first-order chi connectivity index (χ1) is 9.16. The number of benzene rings is 1. The van der Waals surface area contributed by atoms with Crippen molar-refractivity contribution in [3.05, 3.63) is 50.8 Å². The first kappa shape index (κ1) is 12.7. The van der Waals surface area contributed by atoms with Crippen molar-refractivity contribution in [2.75, 3.05) is 0 Å². The summed E-state index contributed by atoms with van der Waals surface area (Å²) in [5, 5.41) is 8.98. The topological polar surface area (TPSA) is 33.6 Å². The van der Waals surface area contributed by atoms with Crippen LogP contribution in [-0.2, 0) is 0 Å². The Hall–Kier alpha value is -1.31. The molecule has 2 heterocycles. The van der Waals surface area contributed by atoms with E-state index in [1.54, 1.807) is 28.0 Å². The smallest absolute Gasteiger partial charge is 0.200 e. The van der Waals surface area contributed by atoms with Crippen molar-refractivity contribution in [1.82, 2.24) is 14.8 Å². The number of rotatable bonds is 2. The second-order valence-corrected chi connectivity index (χ2v) is 5.95. The summed E-state index contributed by atoms with van der Waals surface area (Å²) in [5.74, 6) is 0.412. The van der Waals surface area contributed by atoms with Crippen LogP contribution >= 0.6 is 39.5 Å². The molecule has 0 aliphatic rings. The molecular weight excluding hydrogens is 349 g/mol. The van der Waals surface area contributed by atoms with E-state index in [1.165, 1.54) is 6.07 Å². The molecule has 0 aliphatic carbocycles. The molecule has 3 aromatic rings. The maximum Gasteiger partial charge on any atom is 0.200 e. The highest BCUT2D eigenvalue weighted by Gasteiger charge is 2.12. The Morgan fingerprint density at radius 1 is 1.37 bits per heavy atom. The van der Waals surface area contributed by atoms with Crippen LogP contribution in [0.5, 0.6) is 0 Å². The highest BCUT2D eigenvalue weighted by molar-refractivity contribution is 9.10. The van der Waals surface area contributed by atoms with Gasteiger partial charge in [0.1, 0.15) is 5.82 Å². The van der Waals surface area contributed by atoms with Gasteiger partial charge < -0.3 is 0 Å². The lowest BCUT2D eigenvalue weighted by atomic mass is 10.3. The number of aromatic nitrogens is 3. The van der Waals surface area contributed by atoms with E-state index in [2.05, 4.69) is 26.1 Å². The molecule has 0 fully saturated rings. The van der Waals surface area contributed by atoms with E-state index in [0.717, 1.165) is 16.4 Å². The average molecular weight is 356 g/mol. The van der Waals surface area contributed by atoms with Gasteiger partial charge in [-0.15, -0.1) is 11.3 Å². The summed E-state index contributed by atoms with van der Waals surface area (Å²) in [4.78, 5) is 0.993. The molecule has 0 saturated carbocycles. The first-order valence-corrected chi connectivity index (χ1v) is 7.41. The molecule has 0 atom stereocenters. The fourth-order valence-electron chi connectivity index (χ4n) is 1.73. The van der Waals surface area contributed by atoms with Crippen molar-refractivity contribution >= 4 is 39.5 Å². The van der Waals surface area contributed by atoms with Crippen LogP contribution in [0.15, 0.2) is 40.2 Å². The molecule has 3 nitrogen and oxygen atoms in total. The summed E-state index contributed by atoms with van der Waals surface area (Å²) in [5.41, 5.74) is 0.760. The Bertz CT molecular complexity index is 777. The van der Waals surface area contributed by atoms with Crippen LogP contribution in [0, 0.1) is 10.6 Å². The summed E-state index contributed by atoms with van der Waals surface area (Å²) >= 11 is 9.99. The van der Waals surface area contributed by atoms with Crippen LogP contribution in [0.2, 0.25) is 0 Å². The van der Waals surface area contributed by atoms with E-state index in [-0.39, 0.29) is 5.82 Å². The third kappa shape index (κ3) is 2.29. The molecule has 7 heteroatoms. The number of hydrogen-bond acceptors (Lipinski definition) is 3. The van der Waals surface area contributed by atoms with Crippen molar-refractivity contribution in [3.63, 3.8) is 0 Å². The molecule has 1 aromatic carbocycles. The molecule has 0 unspecified atom stereocenters. The first-order valence-electron chi connectivity index (χ1n) is 5.33. The Labute approximate surface area is 125 Å². The summed E-state index contributed by atoms with van der Waals surface area (Å²) in [6.45, 7) is 0. The quantitative estimate of drug-likeness (QED) is 0.683. The number of nitrogens with zero attached hydrogens (tertiary/aromatic N) is 2. The zero-order chi connectivity index (χ0) is 13.4. The molecular formula is C12H7BrFN3S2. The lowest BCUT2D eigenvalue weighted by Gasteiger charge is -2.06. The molecule has 0 amide bonds. The van der Waals surface area contributed by atoms with Gasteiger partial charge in [-0.25, -0.2) is 4.39 Å². The van der Waals surface area contributed by atoms with Gasteiger partial charge in [-0.1, -0.05) is 6.07 Å². The molecule has 96 valence electrons. The van der Waals surface area contributed by atoms with Crippen molar-refractivity contribution < 1.29 is 4.39 Å². The van der Waals surface area contributed by atoms with E-state index in [9.17, 15) is 4.39 Å². The van der Waals surface area contributed by atoms with Crippen molar-refractivity contribution in [1.29, 1.82) is 0 Å². The van der Waals surface area contributed by atoms with Crippen LogP contribution in [0.1, 0.15) is 0 Å². The van der Waals surface area contributed by atoms with Crippen molar-refractivity contribution in [3.8, 4) is 16.4 Å². The van der Waals surface area contributed by atoms with Crippen LogP contribution in [0.3, 0.4) is 0 Å². The van der Waals surface area contributed by atoms with E-state index >= 15 is 0 Å². The number of hydrogen-bond donors (Lipinski definition) is 1. The van der Waals surface area contributed by atoms with Crippen LogP contribution in [0.4, 0.5) is 4.39 Å². The fourth-order valence-corrected chi connectivity index (χ4v) is 3.04. The van der Waals surface area contributed by atoms with Gasteiger partial charge in [-0.3, -0.25) is 9.67 Å². The third-order valence-corrected chi connectivity index (χ3v) is 4.32. The lowest BCUT2D eigenvalue weighted by Crippen LogP contribution is -1.97. The lowest BCUT2D eigenvalue weighted by molar-refractivity contribution is 0.620. The predicted molar refractivity (Wildman–Crippen MR) is 79.7 cm³/mol. The molecule has 3 rings (SSSR count). The van der Waals surface area contributed by atoms with E-state index < -0.39 is 0 Å². The third-order valence-electron chi connectivity index (χ3n) is 2.58. The summed E-state index contributed by atoms with van der Waals surface area (Å²) in [6, 6.07) is 8.65. The minimum Gasteiger partial charge on any atom is -0.267 e. The van der Waals surface area contributed by atoms with Gasteiger partial charge in [0.2, 0.25) is 0 Å². The Morgan fingerprint density at radius 3 is 2.89 bits per heavy atom. The minimum atomic E-state index is -0.309. The van der Waals surface area contributed by atoms with Gasteiger partial charge in [0, 0.05) is 0 Å². The molecule has 1 N–H and O–H groups in total. The normalized spacial score (nSPS) is 10.8. The molecule has 0 bridgehead atoms. The van der Waals surface area contributed by atoms with Gasteiger partial charge in [-0.05, 0) is 57.8 Å². The van der Waals surface area contributed by atoms with Crippen LogP contribution < -0.4 is 0 Å². The Balaban J connectivity index is 2.22. The maximum absolute atomic E-state index is 13.3. The molecule has 19 heavy (non-hydrogen) atoms. The standard InChI is InChI=1S/C12H7BrFN3S2/c13-8-6-7(3-4-9(8)14)17-11(15-16-12(17)18)10-2-1-5-19-10/h1-6H,(H,16,18). The predicted octanol–water partition coefficient (Wildman–Crippen LogP) is 4.56. The molecule has 0 aliphatic heterocycles. The van der Waals surface area contributed by atoms with E-state index in [1.807, 2.05) is 17.5 Å². The SMILES string of the molecule is Fc1ccc(-n2c(-c3cccs3)n[nH]c2=S)cc1Br. The van der Waals surface area contributed by atoms with Gasteiger partial charge in [0.25, 0.3) is 0 Å². The van der Waals surface area contributed by atoms with Gasteiger partial charge in [-0.2, -0.15) is 5.10 Å². The highest BCUT2D eigenvalue weighted by Crippen LogP contribution is 2.27. The molecule has 0 spiro atoms. The minimum absolute atomic E-state index is 0.309. The van der Waals surface area contributed by atoms with E-state index in [4.69, 9.17) is 12.2 Å². The Kier molecular flexibility index (Phi) is 3.34. The Morgan fingerprint density at radius 2 is 2.21 bits per heavy atom. The second kappa shape index (κ2) is 4.99. The zero-order valence-electron chi connectivity index (χ0n) is 9.43. The van der Waals surface area contributed by atoms with Gasteiger partial charge in [0.05, 0.1) is 15.0 Å². The monoisotopic (exact) mass is 355 g/mol. The average Bonchev–Trinajstić information content (AvgIpc) is 3.01. The van der Waals surface area contributed by atoms with Crippen LogP contribution in [0.25, 0.3) is 16.4 Å². The summed E-state index contributed by atoms with van der Waals surface area (Å²) < 4.78 is 16.0. The largest absolute Gasteiger partial charge is 0.267 e. The van der Waals surface area contributed by atoms with Crippen molar-refractivity contribution in [2.45, 2.75) is 0 Å². The zero-order valence-corrected chi connectivity index (χ0v) is 12.6. The summed E-state index contributed by atoms with van der Waals surface area (Å²) in [6.07, 6.45) is 0. The van der Waals surface area contributed by atoms with Gasteiger partial charge in [0.15, 0.2) is 10.6 Å². The fraction of sp³-hybridized carbons (Fsp3) is 0. The maximum atomic E-state index is 13.3. The van der Waals surface area contributed by atoms with Crippen LogP contribution in [-0.4, -0.2) is 14.8 Å². The second-order valence-electron chi connectivity index (χ2n) is 3.76. The van der Waals surface area contributed by atoms with Gasteiger partial charge >= 0.3 is 0 Å². The molecule has 0 radical (unpaired) electrons. The number of nitrogens with one attached hydrogen (secondary N) is 1. The number of halogens is 2. The number of H-pyrrole nitrogens is 1. The number of aromatic amines is 1. The molecule has 0 saturated heterocycles. The highest BCUT2D eigenvalue weighted by atomic mass is 79.9. The van der Waals surface area contributed by atoms with Crippen molar-refractivity contribution in [2.24, 2.45) is 0 Å². The number of thiophene rings is 1. The van der Waals surface area contributed by atoms with E-state index in [0.29, 0.717) is 9.24 Å².